The van der Waals surface area contributed by atoms with E-state index in [1.54, 1.807) is 7.11 Å². The minimum Gasteiger partial charge on any atom is -0.497 e. The smallest absolute Gasteiger partial charge is 0.118 e. The lowest BCUT2D eigenvalue weighted by Crippen LogP contribution is -2.18. The first-order chi connectivity index (χ1) is 9.29. The molecule has 0 saturated heterocycles. The third kappa shape index (κ3) is 2.22. The Morgan fingerprint density at radius 2 is 2.05 bits per heavy atom. The minimum absolute atomic E-state index is 0.00190. The van der Waals surface area contributed by atoms with Crippen molar-refractivity contribution in [1.82, 2.24) is 4.98 Å². The molecule has 1 heterocycles. The first-order valence-corrected chi connectivity index (χ1v) is 6.63. The van der Waals surface area contributed by atoms with Crippen molar-refractivity contribution in [2.75, 3.05) is 7.11 Å². The van der Waals surface area contributed by atoms with Gasteiger partial charge in [-0.15, -0.1) is 0 Å². The van der Waals surface area contributed by atoms with Crippen molar-refractivity contribution in [1.29, 1.82) is 0 Å². The maximum absolute atomic E-state index is 6.43. The predicted octanol–water partition coefficient (Wildman–Crippen LogP) is 2.82. The maximum Gasteiger partial charge on any atom is 0.118 e. The van der Waals surface area contributed by atoms with Crippen molar-refractivity contribution in [2.24, 2.45) is 5.73 Å². The molecule has 3 nitrogen and oxygen atoms in total. The monoisotopic (exact) mass is 254 g/mol. The number of fused-ring (bicyclic) bond motifs is 1. The van der Waals surface area contributed by atoms with Gasteiger partial charge in [0.05, 0.1) is 7.11 Å². The van der Waals surface area contributed by atoms with E-state index < -0.39 is 0 Å². The van der Waals surface area contributed by atoms with Crippen LogP contribution < -0.4 is 10.5 Å². The molecular weight excluding hydrogens is 236 g/mol. The van der Waals surface area contributed by atoms with E-state index in [1.807, 2.05) is 36.5 Å². The fourth-order valence-corrected chi connectivity index (χ4v) is 2.85. The summed E-state index contributed by atoms with van der Waals surface area (Å²) in [4.78, 5) is 4.52. The van der Waals surface area contributed by atoms with Crippen LogP contribution >= 0.6 is 0 Å². The van der Waals surface area contributed by atoms with Gasteiger partial charge in [0.1, 0.15) is 5.75 Å². The van der Waals surface area contributed by atoms with Crippen molar-refractivity contribution in [3.8, 4) is 5.75 Å². The van der Waals surface area contributed by atoms with Gasteiger partial charge in [-0.1, -0.05) is 18.2 Å². The zero-order valence-corrected chi connectivity index (χ0v) is 11.0. The molecule has 1 aliphatic carbocycles. The van der Waals surface area contributed by atoms with Gasteiger partial charge in [-0.2, -0.15) is 0 Å². The van der Waals surface area contributed by atoms with E-state index in [0.717, 1.165) is 24.2 Å². The third-order valence-electron chi connectivity index (χ3n) is 3.94. The van der Waals surface area contributed by atoms with Gasteiger partial charge in [0.15, 0.2) is 0 Å². The highest BCUT2D eigenvalue weighted by atomic mass is 16.5. The topological polar surface area (TPSA) is 48.1 Å². The van der Waals surface area contributed by atoms with Crippen molar-refractivity contribution < 1.29 is 4.74 Å². The van der Waals surface area contributed by atoms with Crippen LogP contribution in [0.4, 0.5) is 0 Å². The molecule has 0 bridgehead atoms. The van der Waals surface area contributed by atoms with Crippen molar-refractivity contribution in [3.05, 3.63) is 59.4 Å². The van der Waals surface area contributed by atoms with Gasteiger partial charge in [0, 0.05) is 23.9 Å². The molecule has 0 radical (unpaired) electrons. The molecule has 2 unspecified atom stereocenters. The predicted molar refractivity (Wildman–Crippen MR) is 75.2 cm³/mol. The Morgan fingerprint density at radius 3 is 2.79 bits per heavy atom. The average Bonchev–Trinajstić information content (AvgIpc) is 2.90. The van der Waals surface area contributed by atoms with Gasteiger partial charge in [0.2, 0.25) is 0 Å². The van der Waals surface area contributed by atoms with Crippen molar-refractivity contribution in [2.45, 2.75) is 24.8 Å². The second-order valence-corrected chi connectivity index (χ2v) is 4.99. The number of methoxy groups -OCH3 is 1. The van der Waals surface area contributed by atoms with Crippen LogP contribution in [-0.4, -0.2) is 12.1 Å². The number of pyridine rings is 1. The number of ether oxygens (including phenoxy) is 1. The Labute approximate surface area is 113 Å². The summed E-state index contributed by atoms with van der Waals surface area (Å²) in [6.07, 6.45) is 4.02. The highest BCUT2D eigenvalue weighted by molar-refractivity contribution is 5.35. The Hall–Kier alpha value is -1.87. The maximum atomic E-state index is 6.43. The van der Waals surface area contributed by atoms with Crippen LogP contribution in [0.2, 0.25) is 0 Å². The van der Waals surface area contributed by atoms with E-state index in [9.17, 15) is 0 Å². The van der Waals surface area contributed by atoms with Crippen LogP contribution in [0.5, 0.6) is 5.75 Å². The lowest BCUT2D eigenvalue weighted by atomic mass is 9.91. The molecule has 19 heavy (non-hydrogen) atoms. The quantitative estimate of drug-likeness (QED) is 0.916. The van der Waals surface area contributed by atoms with Crippen LogP contribution in [0.25, 0.3) is 0 Å². The molecule has 3 rings (SSSR count). The van der Waals surface area contributed by atoms with Gasteiger partial charge >= 0.3 is 0 Å². The van der Waals surface area contributed by atoms with E-state index >= 15 is 0 Å². The van der Waals surface area contributed by atoms with E-state index in [2.05, 4.69) is 11.1 Å². The molecular formula is C16H18N2O. The Balaban J connectivity index is 1.86. The van der Waals surface area contributed by atoms with E-state index in [1.165, 1.54) is 11.3 Å². The molecule has 0 fully saturated rings. The molecule has 0 amide bonds. The molecule has 3 heteroatoms. The van der Waals surface area contributed by atoms with Crippen molar-refractivity contribution >= 4 is 0 Å². The molecule has 0 saturated carbocycles. The second-order valence-electron chi connectivity index (χ2n) is 4.99. The Kier molecular flexibility index (Phi) is 3.22. The Morgan fingerprint density at radius 1 is 1.26 bits per heavy atom. The van der Waals surface area contributed by atoms with Gasteiger partial charge < -0.3 is 10.5 Å². The highest BCUT2D eigenvalue weighted by Gasteiger charge is 2.29. The van der Waals surface area contributed by atoms with E-state index in [0.29, 0.717) is 5.92 Å². The van der Waals surface area contributed by atoms with Gasteiger partial charge in [-0.05, 0) is 42.2 Å². The molecule has 98 valence electrons. The number of rotatable bonds is 3. The lowest BCUT2D eigenvalue weighted by Gasteiger charge is -2.20. The SMILES string of the molecule is COc1ccc(C(N)C2CCc3cccnc32)cc1. The summed E-state index contributed by atoms with van der Waals surface area (Å²) in [7, 11) is 1.67. The normalized spacial score (nSPS) is 18.9. The zero-order chi connectivity index (χ0) is 13.2. The largest absolute Gasteiger partial charge is 0.497 e. The van der Waals surface area contributed by atoms with E-state index in [4.69, 9.17) is 10.5 Å². The number of nitrogens with two attached hydrogens (primary N) is 1. The second kappa shape index (κ2) is 5.02. The van der Waals surface area contributed by atoms with Crippen LogP contribution in [0.15, 0.2) is 42.6 Å². The first-order valence-electron chi connectivity index (χ1n) is 6.63. The summed E-state index contributed by atoms with van der Waals surface area (Å²) in [5.41, 5.74) is 10.1. The number of aromatic nitrogens is 1. The van der Waals surface area contributed by atoms with Crippen LogP contribution in [0, 0.1) is 0 Å². The van der Waals surface area contributed by atoms with Crippen LogP contribution in [0.1, 0.15) is 35.2 Å². The van der Waals surface area contributed by atoms with E-state index in [-0.39, 0.29) is 6.04 Å². The number of hydrogen-bond donors (Lipinski definition) is 1. The Bertz CT molecular complexity index is 565. The van der Waals surface area contributed by atoms with Crippen molar-refractivity contribution in [3.63, 3.8) is 0 Å². The summed E-state index contributed by atoms with van der Waals surface area (Å²) in [6.45, 7) is 0. The fraction of sp³-hybridized carbons (Fsp3) is 0.312. The molecule has 2 atom stereocenters. The van der Waals surface area contributed by atoms with Gasteiger partial charge in [-0.3, -0.25) is 4.98 Å². The summed E-state index contributed by atoms with van der Waals surface area (Å²) in [5, 5.41) is 0. The fourth-order valence-electron chi connectivity index (χ4n) is 2.85. The first kappa shape index (κ1) is 12.2. The summed E-state index contributed by atoms with van der Waals surface area (Å²) in [5.74, 6) is 1.19. The molecule has 2 N–H and O–H groups in total. The summed E-state index contributed by atoms with van der Waals surface area (Å²) in [6, 6.07) is 12.2. The molecule has 1 aromatic carbocycles. The number of benzene rings is 1. The number of nitrogens with zero attached hydrogens (tertiary/aromatic N) is 1. The molecule has 0 aliphatic heterocycles. The lowest BCUT2D eigenvalue weighted by molar-refractivity contribution is 0.414. The highest BCUT2D eigenvalue weighted by Crippen LogP contribution is 2.39. The third-order valence-corrected chi connectivity index (χ3v) is 3.94. The molecule has 0 spiro atoms. The average molecular weight is 254 g/mol. The van der Waals surface area contributed by atoms with Crippen LogP contribution in [0.3, 0.4) is 0 Å². The molecule has 1 aromatic heterocycles. The zero-order valence-electron chi connectivity index (χ0n) is 11.0. The van der Waals surface area contributed by atoms with Crippen LogP contribution in [-0.2, 0) is 6.42 Å². The van der Waals surface area contributed by atoms with Gasteiger partial charge in [0.25, 0.3) is 0 Å². The minimum atomic E-state index is 0.00190. The standard InChI is InChI=1S/C16H18N2O/c1-19-13-7-4-11(5-8-13)15(17)14-9-6-12-3-2-10-18-16(12)14/h2-5,7-8,10,14-15H,6,9,17H2,1H3. The number of aryl methyl sites for hydroxylation is 1. The summed E-state index contributed by atoms with van der Waals surface area (Å²) >= 11 is 0. The number of hydrogen-bond acceptors (Lipinski definition) is 3. The molecule has 2 aromatic rings. The molecule has 1 aliphatic rings. The van der Waals surface area contributed by atoms with Gasteiger partial charge in [-0.25, -0.2) is 0 Å². The summed E-state index contributed by atoms with van der Waals surface area (Å²) < 4.78 is 5.18.